The van der Waals surface area contributed by atoms with Crippen LogP contribution in [0.25, 0.3) is 0 Å². The number of rotatable bonds is 2. The van der Waals surface area contributed by atoms with Gasteiger partial charge in [0.05, 0.1) is 23.6 Å². The molecule has 0 amide bonds. The number of likely N-dealkylation sites (N-methyl/N-ethyl adjacent to an activating group) is 1. The first-order valence-electron chi connectivity index (χ1n) is 7.06. The minimum atomic E-state index is -2.90. The molecule has 0 saturated carbocycles. The summed E-state index contributed by atoms with van der Waals surface area (Å²) in [5.41, 5.74) is 3.89. The van der Waals surface area contributed by atoms with Crippen molar-refractivity contribution in [1.82, 2.24) is 4.90 Å². The molecule has 0 aromatic heterocycles. The van der Waals surface area contributed by atoms with E-state index < -0.39 is 9.84 Å². The zero-order valence-corrected chi connectivity index (χ0v) is 14.2. The van der Waals surface area contributed by atoms with Gasteiger partial charge in [-0.3, -0.25) is 4.99 Å². The lowest BCUT2D eigenvalue weighted by molar-refractivity contribution is 0.410. The van der Waals surface area contributed by atoms with Crippen LogP contribution in [-0.2, 0) is 15.6 Å². The molecule has 1 fully saturated rings. The molecule has 114 valence electrons. The second kappa shape index (κ2) is 5.32. The van der Waals surface area contributed by atoms with Crippen molar-refractivity contribution in [2.75, 3.05) is 18.6 Å². The van der Waals surface area contributed by atoms with Gasteiger partial charge in [0.15, 0.2) is 15.0 Å². The number of sulfone groups is 1. The van der Waals surface area contributed by atoms with Crippen LogP contribution in [0.5, 0.6) is 0 Å². The van der Waals surface area contributed by atoms with Gasteiger partial charge in [-0.25, -0.2) is 8.42 Å². The van der Waals surface area contributed by atoms with E-state index in [1.54, 1.807) is 11.8 Å². The number of thioether (sulfide) groups is 1. The Bertz CT molecular complexity index is 698. The highest BCUT2D eigenvalue weighted by molar-refractivity contribution is 8.13. The predicted octanol–water partition coefficient (Wildman–Crippen LogP) is 2.00. The molecule has 0 radical (unpaired) electrons. The zero-order valence-electron chi connectivity index (χ0n) is 12.5. The summed E-state index contributed by atoms with van der Waals surface area (Å²) in [7, 11) is -0.941. The first kappa shape index (κ1) is 14.9. The van der Waals surface area contributed by atoms with Crippen molar-refractivity contribution in [2.45, 2.75) is 31.7 Å². The van der Waals surface area contributed by atoms with Gasteiger partial charge in [0, 0.05) is 12.8 Å². The number of benzene rings is 1. The Morgan fingerprint density at radius 2 is 2.05 bits per heavy atom. The van der Waals surface area contributed by atoms with Gasteiger partial charge in [0.1, 0.15) is 0 Å². The largest absolute Gasteiger partial charge is 0.348 e. The fraction of sp³-hybridized carbons (Fsp3) is 0.533. The monoisotopic (exact) mass is 324 g/mol. The van der Waals surface area contributed by atoms with Crippen LogP contribution in [0.3, 0.4) is 0 Å². The van der Waals surface area contributed by atoms with Crippen LogP contribution in [0.15, 0.2) is 23.2 Å². The molecule has 21 heavy (non-hydrogen) atoms. The first-order chi connectivity index (χ1) is 9.85. The minimum Gasteiger partial charge on any atom is -0.348 e. The van der Waals surface area contributed by atoms with E-state index >= 15 is 0 Å². The van der Waals surface area contributed by atoms with Gasteiger partial charge >= 0.3 is 0 Å². The van der Waals surface area contributed by atoms with Gasteiger partial charge in [-0.2, -0.15) is 0 Å². The lowest BCUT2D eigenvalue weighted by Crippen LogP contribution is -2.35. The maximum atomic E-state index is 11.6. The van der Waals surface area contributed by atoms with Crippen molar-refractivity contribution >= 4 is 26.8 Å². The highest BCUT2D eigenvalue weighted by atomic mass is 32.2. The van der Waals surface area contributed by atoms with E-state index in [9.17, 15) is 8.42 Å². The maximum Gasteiger partial charge on any atom is 0.159 e. The molecule has 4 nitrogen and oxygen atoms in total. The highest BCUT2D eigenvalue weighted by Crippen LogP contribution is 2.31. The molecular weight excluding hydrogens is 304 g/mol. The van der Waals surface area contributed by atoms with Crippen molar-refractivity contribution in [2.24, 2.45) is 4.99 Å². The summed E-state index contributed by atoms with van der Waals surface area (Å²) in [5.74, 6) is 1.32. The Kier molecular flexibility index (Phi) is 3.78. The van der Waals surface area contributed by atoms with Crippen LogP contribution in [0, 0.1) is 13.8 Å². The summed E-state index contributed by atoms with van der Waals surface area (Å²) < 4.78 is 23.3. The molecule has 2 heterocycles. The van der Waals surface area contributed by atoms with E-state index in [0.717, 1.165) is 10.9 Å². The third-order valence-electron chi connectivity index (χ3n) is 4.31. The molecule has 0 spiro atoms. The standard InChI is InChI=1S/C15H20N2O2S2/c1-10-4-5-12(6-11(10)2)7-20-15-16-13-8-21(18,19)9-14(13)17(15)3/h4-6,13-14H,7-9H2,1-3H3/t13-,14-/m1/s1. The number of fused-ring (bicyclic) bond motifs is 1. The van der Waals surface area contributed by atoms with E-state index in [1.165, 1.54) is 16.7 Å². The van der Waals surface area contributed by atoms with Gasteiger partial charge in [-0.15, -0.1) is 0 Å². The SMILES string of the molecule is Cc1ccc(CSC2=N[C@@H]3CS(=O)(=O)C[C@H]3N2C)cc1C. The summed E-state index contributed by atoms with van der Waals surface area (Å²) in [6, 6.07) is 6.48. The number of aryl methyl sites for hydroxylation is 2. The van der Waals surface area contributed by atoms with Crippen LogP contribution in [0.2, 0.25) is 0 Å². The van der Waals surface area contributed by atoms with Gasteiger partial charge < -0.3 is 4.90 Å². The average Bonchev–Trinajstić information content (AvgIpc) is 2.85. The van der Waals surface area contributed by atoms with Gasteiger partial charge in [0.2, 0.25) is 0 Å². The van der Waals surface area contributed by atoms with Crippen LogP contribution in [-0.4, -0.2) is 49.1 Å². The average molecular weight is 324 g/mol. The maximum absolute atomic E-state index is 11.6. The molecular formula is C15H20N2O2S2. The second-order valence-electron chi connectivity index (χ2n) is 5.94. The smallest absolute Gasteiger partial charge is 0.159 e. The van der Waals surface area contributed by atoms with Gasteiger partial charge in [-0.05, 0) is 30.5 Å². The van der Waals surface area contributed by atoms with Crippen LogP contribution in [0.1, 0.15) is 16.7 Å². The third kappa shape index (κ3) is 2.97. The van der Waals surface area contributed by atoms with Crippen LogP contribution >= 0.6 is 11.8 Å². The van der Waals surface area contributed by atoms with Gasteiger partial charge in [-0.1, -0.05) is 30.0 Å². The van der Waals surface area contributed by atoms with Crippen LogP contribution < -0.4 is 0 Å². The number of nitrogens with zero attached hydrogens (tertiary/aromatic N) is 2. The number of hydrogen-bond acceptors (Lipinski definition) is 5. The Hall–Kier alpha value is -1.01. The van der Waals surface area contributed by atoms with E-state index in [4.69, 9.17) is 0 Å². The van der Waals surface area contributed by atoms with E-state index in [0.29, 0.717) is 0 Å². The molecule has 0 unspecified atom stereocenters. The number of amidine groups is 1. The Morgan fingerprint density at radius 1 is 1.29 bits per heavy atom. The summed E-state index contributed by atoms with van der Waals surface area (Å²) >= 11 is 1.70. The Labute approximate surface area is 130 Å². The van der Waals surface area contributed by atoms with Crippen molar-refractivity contribution in [3.8, 4) is 0 Å². The molecule has 1 saturated heterocycles. The summed E-state index contributed by atoms with van der Waals surface area (Å²) in [6.45, 7) is 4.24. The Morgan fingerprint density at radius 3 is 2.71 bits per heavy atom. The lowest BCUT2D eigenvalue weighted by atomic mass is 10.1. The number of aliphatic imine (C=N–C) groups is 1. The van der Waals surface area contributed by atoms with E-state index in [1.807, 2.05) is 11.9 Å². The first-order valence-corrected chi connectivity index (χ1v) is 9.86. The fourth-order valence-corrected chi connectivity index (χ4v) is 5.80. The van der Waals surface area contributed by atoms with E-state index in [-0.39, 0.29) is 23.6 Å². The molecule has 2 aliphatic heterocycles. The van der Waals surface area contributed by atoms with Crippen molar-refractivity contribution in [1.29, 1.82) is 0 Å². The molecule has 1 aromatic carbocycles. The molecule has 0 N–H and O–H groups in total. The van der Waals surface area contributed by atoms with Crippen LogP contribution in [0.4, 0.5) is 0 Å². The normalized spacial score (nSPS) is 26.8. The summed E-state index contributed by atoms with van der Waals surface area (Å²) in [6.07, 6.45) is 0. The minimum absolute atomic E-state index is 0.0391. The molecule has 2 atom stereocenters. The van der Waals surface area contributed by atoms with E-state index in [2.05, 4.69) is 37.0 Å². The van der Waals surface area contributed by atoms with Crippen molar-refractivity contribution in [3.05, 3.63) is 34.9 Å². The molecule has 1 aromatic rings. The Balaban J connectivity index is 1.68. The predicted molar refractivity (Wildman–Crippen MR) is 88.6 cm³/mol. The second-order valence-corrected chi connectivity index (χ2v) is 9.04. The summed E-state index contributed by atoms with van der Waals surface area (Å²) in [5, 5.41) is 0.970. The highest BCUT2D eigenvalue weighted by Gasteiger charge is 2.44. The number of hydrogen-bond donors (Lipinski definition) is 0. The molecule has 0 bridgehead atoms. The molecule has 6 heteroatoms. The topological polar surface area (TPSA) is 49.7 Å². The molecule has 2 aliphatic rings. The zero-order chi connectivity index (χ0) is 15.2. The van der Waals surface area contributed by atoms with Crippen molar-refractivity contribution < 1.29 is 8.42 Å². The molecule has 3 rings (SSSR count). The van der Waals surface area contributed by atoms with Crippen molar-refractivity contribution in [3.63, 3.8) is 0 Å². The third-order valence-corrected chi connectivity index (χ3v) is 7.14. The van der Waals surface area contributed by atoms with Gasteiger partial charge in [0.25, 0.3) is 0 Å². The molecule has 0 aliphatic carbocycles. The lowest BCUT2D eigenvalue weighted by Gasteiger charge is -2.20. The quantitative estimate of drug-likeness (QED) is 0.835. The summed E-state index contributed by atoms with van der Waals surface area (Å²) in [4.78, 5) is 6.65. The fourth-order valence-electron chi connectivity index (χ4n) is 2.86.